The highest BCUT2D eigenvalue weighted by molar-refractivity contribution is 5.94. The summed E-state index contributed by atoms with van der Waals surface area (Å²) in [6.07, 6.45) is 4.00. The number of hydrogen-bond acceptors (Lipinski definition) is 5. The molecule has 3 aromatic rings. The SMILES string of the molecule is CCN(CC)C(=O)c1ccc(N(c2cccc(F)c2)C2CCN(CCCc3ccc(OC)c(OC)c3)CC2)cc1. The van der Waals surface area contributed by atoms with Crippen LogP contribution in [0, 0.1) is 5.82 Å². The number of nitrogens with zero attached hydrogens (tertiary/aromatic N) is 3. The first kappa shape index (κ1) is 29.4. The van der Waals surface area contributed by atoms with Crippen LogP contribution in [0.25, 0.3) is 0 Å². The minimum atomic E-state index is -0.247. The Balaban J connectivity index is 1.40. The molecule has 214 valence electrons. The molecule has 0 aromatic heterocycles. The predicted molar refractivity (Wildman–Crippen MR) is 160 cm³/mol. The molecule has 0 saturated carbocycles. The predicted octanol–water partition coefficient (Wildman–Crippen LogP) is 6.56. The van der Waals surface area contributed by atoms with Crippen molar-refractivity contribution in [2.45, 2.75) is 45.6 Å². The number of amides is 1. The number of carbonyl (C=O) groups excluding carboxylic acids is 1. The summed E-state index contributed by atoms with van der Waals surface area (Å²) in [7, 11) is 3.32. The third-order valence-corrected chi connectivity index (χ3v) is 7.84. The maximum absolute atomic E-state index is 14.3. The summed E-state index contributed by atoms with van der Waals surface area (Å²) in [5, 5.41) is 0. The van der Waals surface area contributed by atoms with Gasteiger partial charge >= 0.3 is 0 Å². The minimum Gasteiger partial charge on any atom is -0.493 e. The van der Waals surface area contributed by atoms with E-state index in [1.807, 2.05) is 55.1 Å². The Hall–Kier alpha value is -3.58. The van der Waals surface area contributed by atoms with Crippen molar-refractivity contribution in [3.63, 3.8) is 0 Å². The lowest BCUT2D eigenvalue weighted by Gasteiger charge is -2.40. The van der Waals surface area contributed by atoms with Crippen molar-refractivity contribution in [3.05, 3.63) is 83.7 Å². The maximum atomic E-state index is 14.3. The van der Waals surface area contributed by atoms with E-state index in [1.54, 1.807) is 26.4 Å². The van der Waals surface area contributed by atoms with Gasteiger partial charge in [-0.1, -0.05) is 12.1 Å². The largest absolute Gasteiger partial charge is 0.493 e. The first-order valence-corrected chi connectivity index (χ1v) is 14.3. The number of aryl methyl sites for hydroxylation is 1. The molecule has 1 saturated heterocycles. The highest BCUT2D eigenvalue weighted by atomic mass is 19.1. The summed E-state index contributed by atoms with van der Waals surface area (Å²) < 4.78 is 25.1. The standard InChI is InChI=1S/C33H42FN3O3/c1-5-36(6-2)33(38)26-13-15-28(16-14-26)37(30-11-7-10-27(34)24-30)29-18-21-35(22-19-29)20-8-9-25-12-17-31(39-3)32(23-25)40-4/h7,10-17,23-24,29H,5-6,8-9,18-22H2,1-4H3. The fourth-order valence-corrected chi connectivity index (χ4v) is 5.60. The Morgan fingerprint density at radius 3 is 2.23 bits per heavy atom. The van der Waals surface area contributed by atoms with E-state index < -0.39 is 0 Å². The van der Waals surface area contributed by atoms with Gasteiger partial charge < -0.3 is 24.2 Å². The van der Waals surface area contributed by atoms with Gasteiger partial charge in [0.1, 0.15) is 5.82 Å². The second kappa shape index (κ2) is 14.2. The number of anilines is 2. The van der Waals surface area contributed by atoms with Crippen molar-refractivity contribution in [2.75, 3.05) is 51.8 Å². The van der Waals surface area contributed by atoms with E-state index in [9.17, 15) is 9.18 Å². The number of carbonyl (C=O) groups is 1. The van der Waals surface area contributed by atoms with Crippen molar-refractivity contribution in [1.82, 2.24) is 9.80 Å². The highest BCUT2D eigenvalue weighted by Gasteiger charge is 2.26. The number of piperidine rings is 1. The smallest absolute Gasteiger partial charge is 0.253 e. The van der Waals surface area contributed by atoms with Gasteiger partial charge in [0.2, 0.25) is 0 Å². The molecule has 0 spiro atoms. The Bertz CT molecular complexity index is 1240. The Morgan fingerprint density at radius 2 is 1.60 bits per heavy atom. The molecular formula is C33H42FN3O3. The molecule has 0 bridgehead atoms. The zero-order valence-corrected chi connectivity index (χ0v) is 24.2. The number of hydrogen-bond donors (Lipinski definition) is 0. The van der Waals surface area contributed by atoms with E-state index in [-0.39, 0.29) is 17.8 Å². The number of likely N-dealkylation sites (tertiary alicyclic amines) is 1. The monoisotopic (exact) mass is 547 g/mol. The highest BCUT2D eigenvalue weighted by Crippen LogP contribution is 2.33. The van der Waals surface area contributed by atoms with Gasteiger partial charge in [-0.2, -0.15) is 0 Å². The van der Waals surface area contributed by atoms with E-state index in [4.69, 9.17) is 9.47 Å². The molecule has 1 heterocycles. The van der Waals surface area contributed by atoms with Crippen LogP contribution in [0.15, 0.2) is 66.7 Å². The van der Waals surface area contributed by atoms with Crippen LogP contribution in [0.3, 0.4) is 0 Å². The molecule has 0 atom stereocenters. The molecule has 3 aromatic carbocycles. The van der Waals surface area contributed by atoms with Crippen molar-refractivity contribution in [2.24, 2.45) is 0 Å². The molecule has 1 amide bonds. The van der Waals surface area contributed by atoms with Gasteiger partial charge in [0.05, 0.1) is 14.2 Å². The Labute approximate surface area is 238 Å². The van der Waals surface area contributed by atoms with Gasteiger partial charge in [-0.05, 0) is 106 Å². The van der Waals surface area contributed by atoms with E-state index in [1.165, 1.54) is 11.6 Å². The number of ether oxygens (including phenoxy) is 2. The fraction of sp³-hybridized carbons (Fsp3) is 0.424. The van der Waals surface area contributed by atoms with Crippen LogP contribution in [0.1, 0.15) is 49.0 Å². The summed E-state index contributed by atoms with van der Waals surface area (Å²) in [5.41, 5.74) is 3.74. The van der Waals surface area contributed by atoms with Crippen LogP contribution in [0.2, 0.25) is 0 Å². The molecule has 1 aliphatic rings. The second-order valence-corrected chi connectivity index (χ2v) is 10.2. The lowest BCUT2D eigenvalue weighted by Crippen LogP contribution is -2.43. The molecule has 0 radical (unpaired) electrons. The third-order valence-electron chi connectivity index (χ3n) is 7.84. The molecule has 40 heavy (non-hydrogen) atoms. The average Bonchev–Trinajstić information content (AvgIpc) is 2.99. The number of rotatable bonds is 12. The second-order valence-electron chi connectivity index (χ2n) is 10.2. The number of halogens is 1. The van der Waals surface area contributed by atoms with E-state index >= 15 is 0 Å². The minimum absolute atomic E-state index is 0.0373. The summed E-state index contributed by atoms with van der Waals surface area (Å²) in [5.74, 6) is 1.31. The van der Waals surface area contributed by atoms with Crippen molar-refractivity contribution in [1.29, 1.82) is 0 Å². The van der Waals surface area contributed by atoms with Crippen LogP contribution in [0.4, 0.5) is 15.8 Å². The summed E-state index contributed by atoms with van der Waals surface area (Å²) in [6.45, 7) is 8.35. The van der Waals surface area contributed by atoms with Crippen LogP contribution in [0.5, 0.6) is 11.5 Å². The topological polar surface area (TPSA) is 45.3 Å². The average molecular weight is 548 g/mol. The normalized spacial score (nSPS) is 14.1. The summed E-state index contributed by atoms with van der Waals surface area (Å²) in [4.78, 5) is 19.4. The summed E-state index contributed by atoms with van der Waals surface area (Å²) in [6, 6.07) is 21.0. The summed E-state index contributed by atoms with van der Waals surface area (Å²) >= 11 is 0. The third kappa shape index (κ3) is 7.13. The first-order chi connectivity index (χ1) is 19.5. The molecule has 6 nitrogen and oxygen atoms in total. The van der Waals surface area contributed by atoms with Crippen molar-refractivity contribution < 1.29 is 18.7 Å². The molecule has 4 rings (SSSR count). The van der Waals surface area contributed by atoms with Gasteiger partial charge in [-0.3, -0.25) is 4.79 Å². The fourth-order valence-electron chi connectivity index (χ4n) is 5.60. The van der Waals surface area contributed by atoms with Gasteiger partial charge in [0.25, 0.3) is 5.91 Å². The van der Waals surface area contributed by atoms with Crippen LogP contribution < -0.4 is 14.4 Å². The van der Waals surface area contributed by atoms with Crippen molar-refractivity contribution in [3.8, 4) is 11.5 Å². The molecule has 0 aliphatic carbocycles. The molecule has 1 aliphatic heterocycles. The molecular weight excluding hydrogens is 505 g/mol. The van der Waals surface area contributed by atoms with Crippen LogP contribution in [-0.4, -0.2) is 68.7 Å². The maximum Gasteiger partial charge on any atom is 0.253 e. The van der Waals surface area contributed by atoms with Gasteiger partial charge in [0, 0.05) is 49.2 Å². The molecule has 0 unspecified atom stereocenters. The zero-order valence-electron chi connectivity index (χ0n) is 24.2. The van der Waals surface area contributed by atoms with Crippen LogP contribution in [-0.2, 0) is 6.42 Å². The van der Waals surface area contributed by atoms with Gasteiger partial charge in [0.15, 0.2) is 11.5 Å². The van der Waals surface area contributed by atoms with Gasteiger partial charge in [-0.15, -0.1) is 0 Å². The van der Waals surface area contributed by atoms with Crippen LogP contribution >= 0.6 is 0 Å². The lowest BCUT2D eigenvalue weighted by atomic mass is 10.00. The quantitative estimate of drug-likeness (QED) is 0.257. The van der Waals surface area contributed by atoms with E-state index in [0.717, 1.165) is 68.2 Å². The lowest BCUT2D eigenvalue weighted by molar-refractivity contribution is 0.0773. The Kier molecular flexibility index (Phi) is 10.4. The molecule has 7 heteroatoms. The van der Waals surface area contributed by atoms with E-state index in [2.05, 4.69) is 21.9 Å². The number of methoxy groups -OCH3 is 2. The Morgan fingerprint density at radius 1 is 0.900 bits per heavy atom. The van der Waals surface area contributed by atoms with Gasteiger partial charge in [-0.25, -0.2) is 4.39 Å². The molecule has 1 fully saturated rings. The first-order valence-electron chi connectivity index (χ1n) is 14.3. The van der Waals surface area contributed by atoms with Crippen molar-refractivity contribution >= 4 is 17.3 Å². The van der Waals surface area contributed by atoms with E-state index in [0.29, 0.717) is 18.7 Å². The zero-order chi connectivity index (χ0) is 28.5. The number of benzene rings is 3. The molecule has 0 N–H and O–H groups in total.